The lowest BCUT2D eigenvalue weighted by molar-refractivity contribution is -0.139. The van der Waals surface area contributed by atoms with Gasteiger partial charge >= 0.3 is 12.0 Å². The summed E-state index contributed by atoms with van der Waals surface area (Å²) in [4.78, 5) is 24.6. The van der Waals surface area contributed by atoms with E-state index < -0.39 is 11.5 Å². The molecule has 0 unspecified atom stereocenters. The van der Waals surface area contributed by atoms with Gasteiger partial charge in [0, 0.05) is 19.2 Å². The van der Waals surface area contributed by atoms with Crippen molar-refractivity contribution in [3.63, 3.8) is 0 Å². The van der Waals surface area contributed by atoms with Crippen molar-refractivity contribution in [1.29, 1.82) is 0 Å². The minimum absolute atomic E-state index is 0.0565. The Morgan fingerprint density at radius 2 is 2.00 bits per heavy atom. The van der Waals surface area contributed by atoms with Gasteiger partial charge in [0.1, 0.15) is 0 Å². The molecule has 0 radical (unpaired) electrons. The van der Waals surface area contributed by atoms with Gasteiger partial charge in [-0.15, -0.1) is 0 Å². The highest BCUT2D eigenvalue weighted by Crippen LogP contribution is 2.25. The summed E-state index contributed by atoms with van der Waals surface area (Å²) in [5, 5.41) is 14.6. The van der Waals surface area contributed by atoms with E-state index in [1.807, 2.05) is 25.7 Å². The number of hydrogen-bond donors (Lipinski definition) is 3. The fourth-order valence-corrected chi connectivity index (χ4v) is 2.60. The molecule has 0 aromatic carbocycles. The molecule has 0 aromatic rings. The number of carbonyl (C=O) groups excluding carboxylic acids is 1. The van der Waals surface area contributed by atoms with Crippen LogP contribution >= 0.6 is 0 Å². The molecule has 1 aliphatic rings. The molecule has 1 rings (SSSR count). The zero-order valence-corrected chi connectivity index (χ0v) is 13.3. The smallest absolute Gasteiger partial charge is 0.317 e. The predicted molar refractivity (Wildman–Crippen MR) is 79.3 cm³/mol. The molecule has 7 heteroatoms. The van der Waals surface area contributed by atoms with E-state index in [0.717, 1.165) is 12.8 Å². The third-order valence-electron chi connectivity index (χ3n) is 3.67. The molecule has 122 valence electrons. The number of methoxy groups -OCH3 is 1. The summed E-state index contributed by atoms with van der Waals surface area (Å²) in [6.45, 7) is 6.94. The number of carboxylic acid groups (broad SMARTS) is 1. The molecule has 0 aromatic heterocycles. The molecule has 3 N–H and O–H groups in total. The van der Waals surface area contributed by atoms with E-state index in [-0.39, 0.29) is 24.7 Å². The molecule has 0 aliphatic heterocycles. The number of carboxylic acids is 1. The fourth-order valence-electron chi connectivity index (χ4n) is 2.60. The summed E-state index contributed by atoms with van der Waals surface area (Å²) in [7, 11) is 1.60. The quantitative estimate of drug-likeness (QED) is 0.612. The molecule has 0 heterocycles. The van der Waals surface area contributed by atoms with Gasteiger partial charge in [-0.3, -0.25) is 9.69 Å². The highest BCUT2D eigenvalue weighted by molar-refractivity contribution is 5.75. The van der Waals surface area contributed by atoms with Gasteiger partial charge in [-0.25, -0.2) is 4.79 Å². The maximum Gasteiger partial charge on any atom is 0.317 e. The summed E-state index contributed by atoms with van der Waals surface area (Å²) < 4.78 is 5.05. The van der Waals surface area contributed by atoms with Crippen molar-refractivity contribution in [2.45, 2.75) is 51.2 Å². The molecule has 2 amide bonds. The maximum atomic E-state index is 11.9. The number of likely N-dealkylation sites (N-methyl/N-ethyl adjacent to an activating group) is 1. The Morgan fingerprint density at radius 1 is 1.38 bits per heavy atom. The Morgan fingerprint density at radius 3 is 2.48 bits per heavy atom. The Hall–Kier alpha value is -1.34. The van der Waals surface area contributed by atoms with Gasteiger partial charge in [-0.2, -0.15) is 0 Å². The first-order valence-electron chi connectivity index (χ1n) is 7.31. The summed E-state index contributed by atoms with van der Waals surface area (Å²) in [5.41, 5.74) is -0.416. The molecule has 7 nitrogen and oxygen atoms in total. The third kappa shape index (κ3) is 5.89. The van der Waals surface area contributed by atoms with Crippen LogP contribution in [0.25, 0.3) is 0 Å². The van der Waals surface area contributed by atoms with Crippen LogP contribution in [0.1, 0.15) is 33.6 Å². The summed E-state index contributed by atoms with van der Waals surface area (Å²) in [6, 6.07) is 0.140. The first-order valence-corrected chi connectivity index (χ1v) is 7.31. The second-order valence-electron chi connectivity index (χ2n) is 6.19. The van der Waals surface area contributed by atoms with E-state index in [4.69, 9.17) is 9.84 Å². The molecule has 0 bridgehead atoms. The number of aliphatic carboxylic acids is 1. The molecular weight excluding hydrogens is 274 g/mol. The Balaban J connectivity index is 2.31. The minimum Gasteiger partial charge on any atom is -0.480 e. The zero-order chi connectivity index (χ0) is 16.0. The van der Waals surface area contributed by atoms with Crippen LogP contribution in [-0.2, 0) is 9.53 Å². The van der Waals surface area contributed by atoms with Crippen LogP contribution < -0.4 is 10.6 Å². The number of nitrogens with zero attached hydrogens (tertiary/aromatic N) is 1. The Labute approximate surface area is 126 Å². The van der Waals surface area contributed by atoms with Crippen molar-refractivity contribution in [2.75, 3.05) is 26.8 Å². The highest BCUT2D eigenvalue weighted by Gasteiger charge is 2.35. The fraction of sp³-hybridized carbons (Fsp3) is 0.857. The van der Waals surface area contributed by atoms with Crippen molar-refractivity contribution < 1.29 is 19.4 Å². The van der Waals surface area contributed by atoms with Crippen LogP contribution in [0, 0.1) is 0 Å². The van der Waals surface area contributed by atoms with Crippen LogP contribution in [-0.4, -0.2) is 66.4 Å². The molecule has 0 atom stereocenters. The molecule has 0 saturated heterocycles. The number of nitrogens with one attached hydrogen (secondary N) is 2. The lowest BCUT2D eigenvalue weighted by Crippen LogP contribution is -2.59. The molecule has 1 fully saturated rings. The van der Waals surface area contributed by atoms with Gasteiger partial charge in [-0.1, -0.05) is 6.92 Å². The van der Waals surface area contributed by atoms with Crippen LogP contribution in [0.15, 0.2) is 0 Å². The van der Waals surface area contributed by atoms with Gasteiger partial charge in [0.2, 0.25) is 0 Å². The average molecular weight is 301 g/mol. The van der Waals surface area contributed by atoms with Crippen molar-refractivity contribution >= 4 is 12.0 Å². The van der Waals surface area contributed by atoms with Crippen molar-refractivity contribution in [1.82, 2.24) is 15.5 Å². The van der Waals surface area contributed by atoms with Crippen LogP contribution in [0.4, 0.5) is 4.79 Å². The topological polar surface area (TPSA) is 90.9 Å². The normalized spacial score (nSPS) is 21.8. The van der Waals surface area contributed by atoms with Crippen molar-refractivity contribution in [3.05, 3.63) is 0 Å². The van der Waals surface area contributed by atoms with Gasteiger partial charge < -0.3 is 20.5 Å². The van der Waals surface area contributed by atoms with E-state index in [2.05, 4.69) is 10.6 Å². The monoisotopic (exact) mass is 301 g/mol. The largest absolute Gasteiger partial charge is 0.480 e. The number of hydrogen-bond acceptors (Lipinski definition) is 4. The van der Waals surface area contributed by atoms with Crippen LogP contribution in [0.3, 0.4) is 0 Å². The standard InChI is InChI=1S/C14H27N3O4/c1-5-17(8-12(18)19)11-6-10(7-11)15-13(20)16-14(2,3)9-21-4/h10-11H,5-9H2,1-4H3,(H,18,19)(H2,15,16,20). The Bertz CT molecular complexity index is 367. The van der Waals surface area contributed by atoms with Gasteiger partial charge in [0.15, 0.2) is 0 Å². The first kappa shape index (κ1) is 17.7. The van der Waals surface area contributed by atoms with Crippen LogP contribution in [0.2, 0.25) is 0 Å². The lowest BCUT2D eigenvalue weighted by Gasteiger charge is -2.42. The number of carbonyl (C=O) groups is 2. The number of ether oxygens (including phenoxy) is 1. The van der Waals surface area contributed by atoms with Crippen molar-refractivity contribution in [2.24, 2.45) is 0 Å². The van der Waals surface area contributed by atoms with E-state index in [0.29, 0.717) is 13.2 Å². The first-order chi connectivity index (χ1) is 9.77. The zero-order valence-electron chi connectivity index (χ0n) is 13.3. The number of urea groups is 1. The minimum atomic E-state index is -0.813. The van der Waals surface area contributed by atoms with Gasteiger partial charge in [0.05, 0.1) is 18.7 Å². The van der Waals surface area contributed by atoms with E-state index >= 15 is 0 Å². The van der Waals surface area contributed by atoms with E-state index in [1.165, 1.54) is 0 Å². The summed E-state index contributed by atoms with van der Waals surface area (Å²) >= 11 is 0. The third-order valence-corrected chi connectivity index (χ3v) is 3.67. The number of amides is 2. The molecule has 0 spiro atoms. The molecular formula is C14H27N3O4. The molecule has 1 aliphatic carbocycles. The molecule has 1 saturated carbocycles. The van der Waals surface area contributed by atoms with E-state index in [1.54, 1.807) is 7.11 Å². The summed E-state index contributed by atoms with van der Waals surface area (Å²) in [6.07, 6.45) is 1.58. The van der Waals surface area contributed by atoms with Crippen LogP contribution in [0.5, 0.6) is 0 Å². The summed E-state index contributed by atoms with van der Waals surface area (Å²) in [5.74, 6) is -0.813. The second-order valence-corrected chi connectivity index (χ2v) is 6.19. The van der Waals surface area contributed by atoms with Gasteiger partial charge in [-0.05, 0) is 33.2 Å². The average Bonchev–Trinajstić information content (AvgIpc) is 2.29. The Kier molecular flexibility index (Phi) is 6.42. The lowest BCUT2D eigenvalue weighted by atomic mass is 9.85. The maximum absolute atomic E-state index is 11.9. The number of rotatable bonds is 8. The van der Waals surface area contributed by atoms with Crippen molar-refractivity contribution in [3.8, 4) is 0 Å². The predicted octanol–water partition coefficient (Wildman–Crippen LogP) is 0.648. The van der Waals surface area contributed by atoms with E-state index in [9.17, 15) is 9.59 Å². The molecule has 21 heavy (non-hydrogen) atoms. The van der Waals surface area contributed by atoms with Gasteiger partial charge in [0.25, 0.3) is 0 Å². The SMILES string of the molecule is CCN(CC(=O)O)C1CC(NC(=O)NC(C)(C)COC)C1. The second kappa shape index (κ2) is 7.61. The highest BCUT2D eigenvalue weighted by atomic mass is 16.5.